The minimum atomic E-state index is 0.247. The molecule has 0 aliphatic rings. The second-order valence-corrected chi connectivity index (χ2v) is 5.84. The van der Waals surface area contributed by atoms with Gasteiger partial charge in [0.15, 0.2) is 0 Å². The third kappa shape index (κ3) is 4.05. The Labute approximate surface area is 125 Å². The predicted molar refractivity (Wildman–Crippen MR) is 81.6 cm³/mol. The fraction of sp³-hybridized carbons (Fsp3) is 0.467. The Morgan fingerprint density at radius 3 is 2.55 bits per heavy atom. The Kier molecular flexibility index (Phi) is 5.15. The van der Waals surface area contributed by atoms with Crippen LogP contribution in [0.4, 0.5) is 0 Å². The quantitative estimate of drug-likeness (QED) is 0.887. The van der Waals surface area contributed by atoms with Gasteiger partial charge in [-0.1, -0.05) is 37.6 Å². The van der Waals surface area contributed by atoms with E-state index in [0.29, 0.717) is 12.5 Å². The van der Waals surface area contributed by atoms with Crippen LogP contribution in [0.15, 0.2) is 30.6 Å². The highest BCUT2D eigenvalue weighted by Crippen LogP contribution is 2.16. The van der Waals surface area contributed by atoms with E-state index in [-0.39, 0.29) is 6.04 Å². The molecule has 0 saturated heterocycles. The van der Waals surface area contributed by atoms with E-state index in [1.807, 2.05) is 28.9 Å². The standard InChI is InChI=1S/C15H21ClN4/c1-11(2)9-20-15(18-10-19-20)8-17-12(3)13-4-6-14(16)7-5-13/h4-7,10-12,17H,8-9H2,1-3H3/t12-/m0/s1. The van der Waals surface area contributed by atoms with Crippen LogP contribution in [0, 0.1) is 5.92 Å². The molecule has 1 aromatic carbocycles. The summed E-state index contributed by atoms with van der Waals surface area (Å²) in [6.07, 6.45) is 1.62. The van der Waals surface area contributed by atoms with Crippen LogP contribution >= 0.6 is 11.6 Å². The van der Waals surface area contributed by atoms with Crippen molar-refractivity contribution < 1.29 is 0 Å². The molecule has 0 amide bonds. The van der Waals surface area contributed by atoms with Gasteiger partial charge in [-0.3, -0.25) is 0 Å². The van der Waals surface area contributed by atoms with Gasteiger partial charge in [-0.05, 0) is 30.5 Å². The zero-order valence-corrected chi connectivity index (χ0v) is 12.9. The van der Waals surface area contributed by atoms with Crippen molar-refractivity contribution in [3.8, 4) is 0 Å². The van der Waals surface area contributed by atoms with Gasteiger partial charge in [-0.15, -0.1) is 0 Å². The molecule has 1 atom stereocenters. The maximum Gasteiger partial charge on any atom is 0.140 e. The molecule has 0 aliphatic carbocycles. The van der Waals surface area contributed by atoms with Gasteiger partial charge >= 0.3 is 0 Å². The molecule has 5 heteroatoms. The van der Waals surface area contributed by atoms with Crippen molar-refractivity contribution >= 4 is 11.6 Å². The van der Waals surface area contributed by atoms with Gasteiger partial charge < -0.3 is 5.32 Å². The molecule has 0 fully saturated rings. The summed E-state index contributed by atoms with van der Waals surface area (Å²) in [5, 5.41) is 8.50. The van der Waals surface area contributed by atoms with Crippen molar-refractivity contribution in [1.82, 2.24) is 20.1 Å². The zero-order chi connectivity index (χ0) is 14.5. The molecule has 1 aromatic heterocycles. The van der Waals surface area contributed by atoms with Crippen LogP contribution in [0.1, 0.15) is 38.2 Å². The minimum Gasteiger partial charge on any atom is -0.303 e. The largest absolute Gasteiger partial charge is 0.303 e. The van der Waals surface area contributed by atoms with E-state index < -0.39 is 0 Å². The average Bonchev–Trinajstić information content (AvgIpc) is 2.83. The van der Waals surface area contributed by atoms with E-state index in [4.69, 9.17) is 11.6 Å². The summed E-state index contributed by atoms with van der Waals surface area (Å²) in [5.41, 5.74) is 1.21. The maximum atomic E-state index is 5.90. The first-order chi connectivity index (χ1) is 9.56. The summed E-state index contributed by atoms with van der Waals surface area (Å²) in [6.45, 7) is 8.08. The van der Waals surface area contributed by atoms with Gasteiger partial charge in [0.05, 0.1) is 6.54 Å². The molecule has 1 heterocycles. The molecule has 0 spiro atoms. The summed E-state index contributed by atoms with van der Waals surface area (Å²) in [6, 6.07) is 8.15. The number of hydrogen-bond acceptors (Lipinski definition) is 3. The van der Waals surface area contributed by atoms with E-state index in [9.17, 15) is 0 Å². The van der Waals surface area contributed by atoms with Crippen LogP contribution in [0.3, 0.4) is 0 Å². The first-order valence-electron chi connectivity index (χ1n) is 6.91. The lowest BCUT2D eigenvalue weighted by molar-refractivity contribution is 0.449. The fourth-order valence-electron chi connectivity index (χ4n) is 2.04. The van der Waals surface area contributed by atoms with Gasteiger partial charge in [0.1, 0.15) is 12.2 Å². The summed E-state index contributed by atoms with van der Waals surface area (Å²) >= 11 is 5.90. The number of halogens is 1. The molecular weight excluding hydrogens is 272 g/mol. The zero-order valence-electron chi connectivity index (χ0n) is 12.2. The normalized spacial score (nSPS) is 12.8. The minimum absolute atomic E-state index is 0.247. The lowest BCUT2D eigenvalue weighted by Gasteiger charge is -2.15. The number of rotatable bonds is 6. The van der Waals surface area contributed by atoms with Gasteiger partial charge in [-0.2, -0.15) is 5.10 Å². The Morgan fingerprint density at radius 2 is 1.90 bits per heavy atom. The number of hydrogen-bond donors (Lipinski definition) is 1. The molecule has 108 valence electrons. The van der Waals surface area contributed by atoms with Crippen molar-refractivity contribution in [1.29, 1.82) is 0 Å². The highest BCUT2D eigenvalue weighted by atomic mass is 35.5. The van der Waals surface area contributed by atoms with E-state index in [1.165, 1.54) is 5.56 Å². The summed E-state index contributed by atoms with van der Waals surface area (Å²) in [5.74, 6) is 1.53. The average molecular weight is 293 g/mol. The first-order valence-corrected chi connectivity index (χ1v) is 7.29. The second kappa shape index (κ2) is 6.86. The number of benzene rings is 1. The second-order valence-electron chi connectivity index (χ2n) is 5.41. The Morgan fingerprint density at radius 1 is 1.20 bits per heavy atom. The van der Waals surface area contributed by atoms with Crippen molar-refractivity contribution in [3.05, 3.63) is 47.0 Å². The van der Waals surface area contributed by atoms with Crippen LogP contribution in [0.5, 0.6) is 0 Å². The summed E-state index contributed by atoms with van der Waals surface area (Å²) in [7, 11) is 0. The van der Waals surface area contributed by atoms with E-state index in [0.717, 1.165) is 17.4 Å². The monoisotopic (exact) mass is 292 g/mol. The third-order valence-corrected chi connectivity index (χ3v) is 3.42. The molecule has 1 N–H and O–H groups in total. The predicted octanol–water partition coefficient (Wildman–Crippen LogP) is 3.44. The smallest absolute Gasteiger partial charge is 0.140 e. The van der Waals surface area contributed by atoms with Gasteiger partial charge in [0, 0.05) is 17.6 Å². The first kappa shape index (κ1) is 15.0. The van der Waals surface area contributed by atoms with Crippen LogP contribution in [-0.4, -0.2) is 14.8 Å². The van der Waals surface area contributed by atoms with Crippen LogP contribution < -0.4 is 5.32 Å². The molecule has 2 aromatic rings. The molecule has 0 saturated carbocycles. The molecule has 20 heavy (non-hydrogen) atoms. The van der Waals surface area contributed by atoms with Crippen LogP contribution in [-0.2, 0) is 13.1 Å². The Hall–Kier alpha value is -1.39. The summed E-state index contributed by atoms with van der Waals surface area (Å²) in [4.78, 5) is 4.32. The van der Waals surface area contributed by atoms with Crippen molar-refractivity contribution in [2.45, 2.75) is 39.9 Å². The molecule has 0 bridgehead atoms. The number of nitrogens with zero attached hydrogens (tertiary/aromatic N) is 3. The highest BCUT2D eigenvalue weighted by molar-refractivity contribution is 6.30. The van der Waals surface area contributed by atoms with Gasteiger partial charge in [-0.25, -0.2) is 9.67 Å². The van der Waals surface area contributed by atoms with Gasteiger partial charge in [0.2, 0.25) is 0 Å². The molecule has 0 radical (unpaired) electrons. The van der Waals surface area contributed by atoms with Crippen LogP contribution in [0.25, 0.3) is 0 Å². The molecule has 4 nitrogen and oxygen atoms in total. The van der Waals surface area contributed by atoms with Crippen molar-refractivity contribution in [3.63, 3.8) is 0 Å². The summed E-state index contributed by atoms with van der Waals surface area (Å²) < 4.78 is 1.96. The van der Waals surface area contributed by atoms with Crippen molar-refractivity contribution in [2.24, 2.45) is 5.92 Å². The molecular formula is C15H21ClN4. The van der Waals surface area contributed by atoms with Crippen molar-refractivity contribution in [2.75, 3.05) is 0 Å². The Balaban J connectivity index is 1.95. The lowest BCUT2D eigenvalue weighted by atomic mass is 10.1. The van der Waals surface area contributed by atoms with E-state index in [1.54, 1.807) is 6.33 Å². The number of aromatic nitrogens is 3. The lowest BCUT2D eigenvalue weighted by Crippen LogP contribution is -2.22. The number of nitrogens with one attached hydrogen (secondary N) is 1. The maximum absolute atomic E-state index is 5.90. The fourth-order valence-corrected chi connectivity index (χ4v) is 2.16. The SMILES string of the molecule is CC(C)Cn1ncnc1CN[C@@H](C)c1ccc(Cl)cc1. The van der Waals surface area contributed by atoms with Gasteiger partial charge in [0.25, 0.3) is 0 Å². The topological polar surface area (TPSA) is 42.7 Å². The van der Waals surface area contributed by atoms with Crippen LogP contribution in [0.2, 0.25) is 5.02 Å². The van der Waals surface area contributed by atoms with E-state index >= 15 is 0 Å². The molecule has 0 aliphatic heterocycles. The highest BCUT2D eigenvalue weighted by Gasteiger charge is 2.09. The van der Waals surface area contributed by atoms with E-state index in [2.05, 4.69) is 36.2 Å². The third-order valence-electron chi connectivity index (χ3n) is 3.17. The molecule has 2 rings (SSSR count). The Bertz CT molecular complexity index is 533. The molecule has 0 unspecified atom stereocenters.